The van der Waals surface area contributed by atoms with Crippen LogP contribution in [0.4, 0.5) is 0 Å². The van der Waals surface area contributed by atoms with E-state index in [0.717, 1.165) is 23.0 Å². The second-order valence-corrected chi connectivity index (χ2v) is 5.90. The van der Waals surface area contributed by atoms with E-state index in [0.29, 0.717) is 6.04 Å². The third-order valence-corrected chi connectivity index (χ3v) is 3.83. The summed E-state index contributed by atoms with van der Waals surface area (Å²) >= 11 is 3.55. The van der Waals surface area contributed by atoms with Crippen LogP contribution < -0.4 is 5.73 Å². The van der Waals surface area contributed by atoms with Crippen molar-refractivity contribution in [1.29, 1.82) is 0 Å². The number of nitrogens with zero attached hydrogens (tertiary/aromatic N) is 2. The first-order valence-corrected chi connectivity index (χ1v) is 7.41. The van der Waals surface area contributed by atoms with Gasteiger partial charge in [-0.15, -0.1) is 0 Å². The van der Waals surface area contributed by atoms with Crippen molar-refractivity contribution >= 4 is 15.9 Å². The first kappa shape index (κ1) is 14.3. The van der Waals surface area contributed by atoms with Crippen LogP contribution in [-0.2, 0) is 6.42 Å². The Kier molecular flexibility index (Phi) is 4.77. The highest BCUT2D eigenvalue weighted by molar-refractivity contribution is 9.10. The van der Waals surface area contributed by atoms with E-state index in [-0.39, 0.29) is 6.04 Å². The van der Waals surface area contributed by atoms with Gasteiger partial charge in [-0.3, -0.25) is 4.68 Å². The van der Waals surface area contributed by atoms with Gasteiger partial charge in [-0.2, -0.15) is 5.10 Å². The van der Waals surface area contributed by atoms with Gasteiger partial charge in [0.05, 0.1) is 16.4 Å². The van der Waals surface area contributed by atoms with Crippen molar-refractivity contribution in [2.24, 2.45) is 5.73 Å². The minimum atomic E-state index is -0.000480. The van der Waals surface area contributed by atoms with Gasteiger partial charge in [-0.25, -0.2) is 0 Å². The van der Waals surface area contributed by atoms with Crippen LogP contribution in [0.25, 0.3) is 0 Å². The molecule has 2 rings (SSSR count). The van der Waals surface area contributed by atoms with E-state index >= 15 is 0 Å². The molecule has 1 unspecified atom stereocenters. The number of rotatable bonds is 5. The molecule has 0 saturated heterocycles. The molecule has 1 aromatic carbocycles. The topological polar surface area (TPSA) is 43.8 Å². The Morgan fingerprint density at radius 1 is 1.26 bits per heavy atom. The molecule has 1 atom stereocenters. The maximum absolute atomic E-state index is 6.34. The first-order valence-electron chi connectivity index (χ1n) is 6.62. The lowest BCUT2D eigenvalue weighted by atomic mass is 10.0. The third kappa shape index (κ3) is 3.45. The summed E-state index contributed by atoms with van der Waals surface area (Å²) in [6.07, 6.45) is 3.73. The van der Waals surface area contributed by atoms with Crippen molar-refractivity contribution in [3.05, 3.63) is 52.3 Å². The van der Waals surface area contributed by atoms with Crippen molar-refractivity contribution in [2.45, 2.75) is 38.8 Å². The number of aryl methyl sites for hydroxylation is 1. The van der Waals surface area contributed by atoms with E-state index in [4.69, 9.17) is 5.73 Å². The van der Waals surface area contributed by atoms with Crippen molar-refractivity contribution in [2.75, 3.05) is 0 Å². The van der Waals surface area contributed by atoms with Gasteiger partial charge in [0.1, 0.15) is 0 Å². The van der Waals surface area contributed by atoms with Crippen molar-refractivity contribution < 1.29 is 0 Å². The van der Waals surface area contributed by atoms with Crippen LogP contribution in [0.1, 0.15) is 43.6 Å². The molecule has 1 heterocycles. The van der Waals surface area contributed by atoms with Gasteiger partial charge in [0.2, 0.25) is 0 Å². The number of benzene rings is 1. The summed E-state index contributed by atoms with van der Waals surface area (Å²) in [5, 5.41) is 4.38. The van der Waals surface area contributed by atoms with Crippen LogP contribution in [0, 0.1) is 0 Å². The molecule has 0 aliphatic carbocycles. The molecule has 3 nitrogen and oxygen atoms in total. The Bertz CT molecular complexity index is 519. The maximum Gasteiger partial charge on any atom is 0.0696 e. The number of hydrogen-bond acceptors (Lipinski definition) is 2. The SMILES string of the molecule is CC(C)n1ncc(Br)c1C(N)CCc1ccccc1. The van der Waals surface area contributed by atoms with Crippen LogP contribution in [0.15, 0.2) is 41.0 Å². The average Bonchev–Trinajstić information content (AvgIpc) is 2.79. The molecule has 2 aromatic rings. The molecule has 4 heteroatoms. The molecular weight excluding hydrogens is 302 g/mol. The summed E-state index contributed by atoms with van der Waals surface area (Å²) in [4.78, 5) is 0. The van der Waals surface area contributed by atoms with Crippen molar-refractivity contribution in [3.63, 3.8) is 0 Å². The summed E-state index contributed by atoms with van der Waals surface area (Å²) in [6.45, 7) is 4.24. The molecule has 0 saturated carbocycles. The van der Waals surface area contributed by atoms with E-state index in [9.17, 15) is 0 Å². The Morgan fingerprint density at radius 3 is 2.58 bits per heavy atom. The minimum Gasteiger partial charge on any atom is -0.323 e. The van der Waals surface area contributed by atoms with Gasteiger partial charge in [0, 0.05) is 12.1 Å². The van der Waals surface area contributed by atoms with Crippen LogP contribution in [0.3, 0.4) is 0 Å². The number of nitrogens with two attached hydrogens (primary N) is 1. The highest BCUT2D eigenvalue weighted by Crippen LogP contribution is 2.27. The molecule has 0 spiro atoms. The zero-order chi connectivity index (χ0) is 13.8. The summed E-state index contributed by atoms with van der Waals surface area (Å²) in [5.41, 5.74) is 8.75. The number of halogens is 1. The van der Waals surface area contributed by atoms with Gasteiger partial charge < -0.3 is 5.73 Å². The third-order valence-electron chi connectivity index (χ3n) is 3.21. The standard InChI is InChI=1S/C15H20BrN3/c1-11(2)19-15(13(16)10-18-19)14(17)9-8-12-6-4-3-5-7-12/h3-7,10-11,14H,8-9,17H2,1-2H3. The molecule has 0 bridgehead atoms. The second-order valence-electron chi connectivity index (χ2n) is 5.05. The van der Waals surface area contributed by atoms with E-state index in [1.54, 1.807) is 0 Å². The average molecular weight is 322 g/mol. The fraction of sp³-hybridized carbons (Fsp3) is 0.400. The number of hydrogen-bond donors (Lipinski definition) is 1. The predicted molar refractivity (Wildman–Crippen MR) is 82.0 cm³/mol. The lowest BCUT2D eigenvalue weighted by Gasteiger charge is -2.17. The molecule has 0 fully saturated rings. The van der Waals surface area contributed by atoms with Gasteiger partial charge in [0.15, 0.2) is 0 Å². The van der Waals surface area contributed by atoms with Crippen LogP contribution in [0.5, 0.6) is 0 Å². The van der Waals surface area contributed by atoms with E-state index < -0.39 is 0 Å². The number of aromatic nitrogens is 2. The van der Waals surface area contributed by atoms with Gasteiger partial charge in [-0.1, -0.05) is 30.3 Å². The summed E-state index contributed by atoms with van der Waals surface area (Å²) < 4.78 is 3.00. The lowest BCUT2D eigenvalue weighted by Crippen LogP contribution is -2.18. The van der Waals surface area contributed by atoms with Gasteiger partial charge >= 0.3 is 0 Å². The summed E-state index contributed by atoms with van der Waals surface area (Å²) in [6, 6.07) is 10.8. The quantitative estimate of drug-likeness (QED) is 0.908. The molecular formula is C15H20BrN3. The summed E-state index contributed by atoms with van der Waals surface area (Å²) in [5.74, 6) is 0. The van der Waals surface area contributed by atoms with Crippen LogP contribution in [0.2, 0.25) is 0 Å². The lowest BCUT2D eigenvalue weighted by molar-refractivity contribution is 0.476. The highest BCUT2D eigenvalue weighted by Gasteiger charge is 2.18. The Labute approximate surface area is 122 Å². The molecule has 19 heavy (non-hydrogen) atoms. The van der Waals surface area contributed by atoms with E-state index in [2.05, 4.69) is 59.1 Å². The summed E-state index contributed by atoms with van der Waals surface area (Å²) in [7, 11) is 0. The largest absolute Gasteiger partial charge is 0.323 e. The molecule has 0 aliphatic heterocycles. The van der Waals surface area contributed by atoms with Crippen LogP contribution >= 0.6 is 15.9 Å². The smallest absolute Gasteiger partial charge is 0.0696 e. The molecule has 1 aromatic heterocycles. The van der Waals surface area contributed by atoms with E-state index in [1.807, 2.05) is 16.9 Å². The molecule has 102 valence electrons. The normalized spacial score (nSPS) is 12.9. The zero-order valence-electron chi connectivity index (χ0n) is 11.4. The Balaban J connectivity index is 2.08. The molecule has 2 N–H and O–H groups in total. The van der Waals surface area contributed by atoms with Crippen molar-refractivity contribution in [3.8, 4) is 0 Å². The Morgan fingerprint density at radius 2 is 1.95 bits per heavy atom. The molecule has 0 amide bonds. The van der Waals surface area contributed by atoms with Gasteiger partial charge in [-0.05, 0) is 48.2 Å². The minimum absolute atomic E-state index is 0.000480. The predicted octanol–water partition coefficient (Wildman–Crippen LogP) is 3.86. The Hall–Kier alpha value is -1.13. The van der Waals surface area contributed by atoms with Crippen molar-refractivity contribution in [1.82, 2.24) is 9.78 Å². The highest BCUT2D eigenvalue weighted by atomic mass is 79.9. The molecule has 0 radical (unpaired) electrons. The van der Waals surface area contributed by atoms with Crippen LogP contribution in [-0.4, -0.2) is 9.78 Å². The maximum atomic E-state index is 6.34. The van der Waals surface area contributed by atoms with E-state index in [1.165, 1.54) is 5.56 Å². The first-order chi connectivity index (χ1) is 9.09. The monoisotopic (exact) mass is 321 g/mol. The van der Waals surface area contributed by atoms with Gasteiger partial charge in [0.25, 0.3) is 0 Å². The fourth-order valence-electron chi connectivity index (χ4n) is 2.21. The fourth-order valence-corrected chi connectivity index (χ4v) is 2.78. The zero-order valence-corrected chi connectivity index (χ0v) is 13.0. The second kappa shape index (κ2) is 6.35. The molecule has 0 aliphatic rings.